The van der Waals surface area contributed by atoms with Gasteiger partial charge in [0, 0.05) is 36.5 Å². The van der Waals surface area contributed by atoms with E-state index in [0.717, 1.165) is 30.2 Å². The van der Waals surface area contributed by atoms with Crippen LogP contribution in [-0.2, 0) is 10.5 Å². The molecule has 4 heteroatoms. The number of anilines is 1. The Morgan fingerprint density at radius 1 is 1.62 bits per heavy atom. The van der Waals surface area contributed by atoms with E-state index < -0.39 is 0 Å². The molecule has 0 saturated carbocycles. The number of hydrogen-bond donors (Lipinski definition) is 1. The average molecular weight is 238 g/mol. The molecule has 1 aromatic rings. The smallest absolute Gasteiger partial charge is 0.0666 e. The maximum absolute atomic E-state index is 5.55. The first-order valence-corrected chi connectivity index (χ1v) is 6.70. The van der Waals surface area contributed by atoms with Gasteiger partial charge in [0.25, 0.3) is 0 Å². The number of pyridine rings is 1. The lowest BCUT2D eigenvalue weighted by atomic mass is 10.3. The highest BCUT2D eigenvalue weighted by molar-refractivity contribution is 7.99. The number of thioether (sulfide) groups is 1. The van der Waals surface area contributed by atoms with E-state index in [1.165, 1.54) is 0 Å². The molecule has 2 atom stereocenters. The summed E-state index contributed by atoms with van der Waals surface area (Å²) in [5.74, 6) is 0.966. The molecule has 1 aliphatic rings. The number of ether oxygens (including phenoxy) is 1. The fourth-order valence-corrected chi connectivity index (χ4v) is 2.99. The van der Waals surface area contributed by atoms with Gasteiger partial charge >= 0.3 is 0 Å². The quantitative estimate of drug-likeness (QED) is 0.874. The summed E-state index contributed by atoms with van der Waals surface area (Å²) in [7, 11) is 1.93. The predicted molar refractivity (Wildman–Crippen MR) is 68.9 cm³/mol. The number of rotatable bonds is 4. The van der Waals surface area contributed by atoms with Crippen LogP contribution in [0.5, 0.6) is 0 Å². The van der Waals surface area contributed by atoms with Gasteiger partial charge in [0.1, 0.15) is 0 Å². The summed E-state index contributed by atoms with van der Waals surface area (Å²) in [6, 6.07) is 4.09. The van der Waals surface area contributed by atoms with E-state index in [4.69, 9.17) is 4.74 Å². The number of aromatic nitrogens is 1. The van der Waals surface area contributed by atoms with Crippen molar-refractivity contribution in [2.75, 3.05) is 19.0 Å². The Labute approximate surface area is 101 Å². The van der Waals surface area contributed by atoms with Crippen LogP contribution in [0.2, 0.25) is 0 Å². The standard InChI is InChI=1S/C12H18N2OS/c1-9-12(4-6-15-9)16-8-11-7-10(13-2)3-5-14-11/h3,5,7,9,12H,4,6,8H2,1-2H3,(H,13,14). The number of hydrogen-bond acceptors (Lipinski definition) is 4. The van der Waals surface area contributed by atoms with Gasteiger partial charge in [0.15, 0.2) is 0 Å². The van der Waals surface area contributed by atoms with Crippen LogP contribution in [0.1, 0.15) is 19.0 Å². The summed E-state index contributed by atoms with van der Waals surface area (Å²) in [6.45, 7) is 3.06. The Bertz CT molecular complexity index is 346. The van der Waals surface area contributed by atoms with Crippen molar-refractivity contribution >= 4 is 17.4 Å². The van der Waals surface area contributed by atoms with Crippen molar-refractivity contribution in [1.82, 2.24) is 4.98 Å². The maximum atomic E-state index is 5.55. The normalized spacial score (nSPS) is 24.6. The van der Waals surface area contributed by atoms with Crippen LogP contribution in [0.25, 0.3) is 0 Å². The third kappa shape index (κ3) is 2.89. The van der Waals surface area contributed by atoms with E-state index in [0.29, 0.717) is 11.4 Å². The van der Waals surface area contributed by atoms with Crippen LogP contribution < -0.4 is 5.32 Å². The van der Waals surface area contributed by atoms with Gasteiger partial charge in [-0.25, -0.2) is 0 Å². The van der Waals surface area contributed by atoms with Gasteiger partial charge in [-0.05, 0) is 25.5 Å². The van der Waals surface area contributed by atoms with E-state index in [1.807, 2.05) is 31.1 Å². The molecule has 1 saturated heterocycles. The Hall–Kier alpha value is -0.740. The van der Waals surface area contributed by atoms with Crippen molar-refractivity contribution in [2.24, 2.45) is 0 Å². The van der Waals surface area contributed by atoms with E-state index in [9.17, 15) is 0 Å². The van der Waals surface area contributed by atoms with Crippen LogP contribution in [0.15, 0.2) is 18.3 Å². The molecule has 3 nitrogen and oxygen atoms in total. The largest absolute Gasteiger partial charge is 0.388 e. The van der Waals surface area contributed by atoms with Crippen LogP contribution in [-0.4, -0.2) is 30.0 Å². The Morgan fingerprint density at radius 3 is 3.19 bits per heavy atom. The van der Waals surface area contributed by atoms with Crippen molar-refractivity contribution in [3.8, 4) is 0 Å². The van der Waals surface area contributed by atoms with Gasteiger partial charge in [0.05, 0.1) is 11.8 Å². The van der Waals surface area contributed by atoms with E-state index >= 15 is 0 Å². The molecular formula is C12H18N2OS. The third-order valence-electron chi connectivity index (χ3n) is 2.86. The molecule has 88 valence electrons. The molecule has 1 aromatic heterocycles. The second kappa shape index (κ2) is 5.55. The molecule has 0 spiro atoms. The first-order chi connectivity index (χ1) is 7.79. The lowest BCUT2D eigenvalue weighted by Crippen LogP contribution is -2.13. The second-order valence-corrected chi connectivity index (χ2v) is 5.23. The summed E-state index contributed by atoms with van der Waals surface area (Å²) < 4.78 is 5.55. The summed E-state index contributed by atoms with van der Waals surface area (Å²) in [5, 5.41) is 3.76. The SMILES string of the molecule is CNc1ccnc(CSC2CCOC2C)c1. The molecule has 0 bridgehead atoms. The van der Waals surface area contributed by atoms with Gasteiger partial charge in [0.2, 0.25) is 0 Å². The van der Waals surface area contributed by atoms with E-state index in [1.54, 1.807) is 0 Å². The lowest BCUT2D eigenvalue weighted by Gasteiger charge is -2.13. The van der Waals surface area contributed by atoms with Crippen molar-refractivity contribution in [1.29, 1.82) is 0 Å². The lowest BCUT2D eigenvalue weighted by molar-refractivity contribution is 0.127. The topological polar surface area (TPSA) is 34.2 Å². The maximum Gasteiger partial charge on any atom is 0.0666 e. The highest BCUT2D eigenvalue weighted by Crippen LogP contribution is 2.28. The molecule has 2 heterocycles. The monoisotopic (exact) mass is 238 g/mol. The minimum absolute atomic E-state index is 0.387. The van der Waals surface area contributed by atoms with Gasteiger partial charge in [-0.15, -0.1) is 11.8 Å². The summed E-state index contributed by atoms with van der Waals surface area (Å²) in [6.07, 6.45) is 3.41. The average Bonchev–Trinajstić information content (AvgIpc) is 2.72. The van der Waals surface area contributed by atoms with E-state index in [-0.39, 0.29) is 0 Å². The third-order valence-corrected chi connectivity index (χ3v) is 4.37. The van der Waals surface area contributed by atoms with E-state index in [2.05, 4.69) is 23.3 Å². The highest BCUT2D eigenvalue weighted by Gasteiger charge is 2.24. The zero-order chi connectivity index (χ0) is 11.4. The molecule has 0 amide bonds. The molecule has 1 fully saturated rings. The summed E-state index contributed by atoms with van der Waals surface area (Å²) in [5.41, 5.74) is 2.26. The highest BCUT2D eigenvalue weighted by atomic mass is 32.2. The van der Waals surface area contributed by atoms with Crippen molar-refractivity contribution in [3.63, 3.8) is 0 Å². The molecule has 2 unspecified atom stereocenters. The zero-order valence-corrected chi connectivity index (χ0v) is 10.6. The van der Waals surface area contributed by atoms with Crippen LogP contribution in [0, 0.1) is 0 Å². The Morgan fingerprint density at radius 2 is 2.50 bits per heavy atom. The Balaban J connectivity index is 1.88. The second-order valence-electron chi connectivity index (χ2n) is 4.00. The van der Waals surface area contributed by atoms with Gasteiger partial charge in [-0.1, -0.05) is 0 Å². The van der Waals surface area contributed by atoms with Crippen molar-refractivity contribution in [2.45, 2.75) is 30.5 Å². The minimum atomic E-state index is 0.387. The first kappa shape index (κ1) is 11.7. The fraction of sp³-hybridized carbons (Fsp3) is 0.583. The van der Waals surface area contributed by atoms with Crippen LogP contribution in [0.4, 0.5) is 5.69 Å². The number of nitrogens with zero attached hydrogens (tertiary/aromatic N) is 1. The van der Waals surface area contributed by atoms with Crippen molar-refractivity contribution in [3.05, 3.63) is 24.0 Å². The van der Waals surface area contributed by atoms with Crippen LogP contribution in [0.3, 0.4) is 0 Å². The minimum Gasteiger partial charge on any atom is -0.388 e. The number of nitrogens with one attached hydrogen (secondary N) is 1. The molecule has 1 N–H and O–H groups in total. The molecular weight excluding hydrogens is 220 g/mol. The molecule has 0 radical (unpaired) electrons. The van der Waals surface area contributed by atoms with Crippen LogP contribution >= 0.6 is 11.8 Å². The zero-order valence-electron chi connectivity index (χ0n) is 9.77. The van der Waals surface area contributed by atoms with Crippen molar-refractivity contribution < 1.29 is 4.74 Å². The van der Waals surface area contributed by atoms with Gasteiger partial charge < -0.3 is 10.1 Å². The predicted octanol–water partition coefficient (Wildman–Crippen LogP) is 2.53. The summed E-state index contributed by atoms with van der Waals surface area (Å²) in [4.78, 5) is 4.37. The fourth-order valence-electron chi connectivity index (χ4n) is 1.84. The van der Waals surface area contributed by atoms with Gasteiger partial charge in [-0.2, -0.15) is 0 Å². The molecule has 2 rings (SSSR count). The molecule has 16 heavy (non-hydrogen) atoms. The first-order valence-electron chi connectivity index (χ1n) is 5.65. The van der Waals surface area contributed by atoms with Gasteiger partial charge in [-0.3, -0.25) is 4.98 Å². The molecule has 1 aliphatic heterocycles. The molecule has 0 aromatic carbocycles. The Kier molecular flexibility index (Phi) is 4.07. The summed E-state index contributed by atoms with van der Waals surface area (Å²) >= 11 is 1.95. The molecule has 0 aliphatic carbocycles.